The van der Waals surface area contributed by atoms with E-state index < -0.39 is 0 Å². The van der Waals surface area contributed by atoms with Gasteiger partial charge in [-0.15, -0.1) is 0 Å². The lowest BCUT2D eigenvalue weighted by Crippen LogP contribution is -2.61. The van der Waals surface area contributed by atoms with E-state index in [1.165, 1.54) is 25.7 Å². The molecule has 21 heavy (non-hydrogen) atoms. The molecule has 0 heterocycles. The minimum absolute atomic E-state index is 0.236. The first-order valence-corrected chi connectivity index (χ1v) is 8.81. The molecular formula is C17H33NO3. The van der Waals surface area contributed by atoms with Crippen LogP contribution in [0.15, 0.2) is 0 Å². The van der Waals surface area contributed by atoms with Gasteiger partial charge in [0.15, 0.2) is 0 Å². The zero-order chi connectivity index (χ0) is 15.1. The van der Waals surface area contributed by atoms with Crippen molar-refractivity contribution in [3.8, 4) is 0 Å². The van der Waals surface area contributed by atoms with Crippen LogP contribution in [-0.2, 0) is 14.2 Å². The number of hydrogen-bond acceptors (Lipinski definition) is 4. The highest BCUT2D eigenvalue weighted by atomic mass is 16.6. The third-order valence-electron chi connectivity index (χ3n) is 4.70. The smallest absolute Gasteiger partial charge is 0.0990 e. The Labute approximate surface area is 129 Å². The maximum absolute atomic E-state index is 6.33. The fourth-order valence-electron chi connectivity index (χ4n) is 3.41. The highest BCUT2D eigenvalue weighted by Gasteiger charge is 2.43. The second-order valence-electron chi connectivity index (χ2n) is 6.45. The molecular weight excluding hydrogens is 266 g/mol. The van der Waals surface area contributed by atoms with Crippen LogP contribution in [0.25, 0.3) is 0 Å². The average molecular weight is 299 g/mol. The lowest BCUT2D eigenvalue weighted by atomic mass is 9.84. The van der Waals surface area contributed by atoms with Gasteiger partial charge in [0.2, 0.25) is 0 Å². The van der Waals surface area contributed by atoms with E-state index in [-0.39, 0.29) is 12.2 Å². The van der Waals surface area contributed by atoms with Gasteiger partial charge in [0, 0.05) is 19.8 Å². The predicted octanol–water partition coefficient (Wildman–Crippen LogP) is 2.90. The zero-order valence-electron chi connectivity index (χ0n) is 14.0. The second-order valence-corrected chi connectivity index (χ2v) is 6.45. The van der Waals surface area contributed by atoms with Crippen molar-refractivity contribution in [2.24, 2.45) is 0 Å². The van der Waals surface area contributed by atoms with E-state index in [2.05, 4.69) is 19.2 Å². The first-order valence-electron chi connectivity index (χ1n) is 8.81. The number of rotatable bonds is 9. The number of nitrogens with one attached hydrogen (secondary N) is 1. The summed E-state index contributed by atoms with van der Waals surface area (Å²) in [7, 11) is 1.81. The van der Waals surface area contributed by atoms with Crippen molar-refractivity contribution in [2.45, 2.75) is 89.3 Å². The molecule has 4 nitrogen and oxygen atoms in total. The third-order valence-corrected chi connectivity index (χ3v) is 4.70. The number of hydrogen-bond donors (Lipinski definition) is 1. The topological polar surface area (TPSA) is 39.7 Å². The van der Waals surface area contributed by atoms with Crippen LogP contribution in [-0.4, -0.2) is 50.7 Å². The molecule has 0 amide bonds. The molecule has 0 radical (unpaired) electrons. The van der Waals surface area contributed by atoms with E-state index in [1.807, 2.05) is 7.11 Å². The summed E-state index contributed by atoms with van der Waals surface area (Å²) in [6, 6.07) is 0.475. The molecule has 0 saturated heterocycles. The van der Waals surface area contributed by atoms with E-state index >= 15 is 0 Å². The van der Waals surface area contributed by atoms with E-state index in [4.69, 9.17) is 14.2 Å². The molecule has 0 aliphatic heterocycles. The quantitative estimate of drug-likeness (QED) is 0.710. The van der Waals surface area contributed by atoms with Crippen LogP contribution in [0, 0.1) is 0 Å². The molecule has 124 valence electrons. The van der Waals surface area contributed by atoms with Crippen molar-refractivity contribution in [3.63, 3.8) is 0 Å². The molecule has 5 unspecified atom stereocenters. The molecule has 4 heteroatoms. The third kappa shape index (κ3) is 4.92. The van der Waals surface area contributed by atoms with Gasteiger partial charge in [-0.3, -0.25) is 0 Å². The van der Waals surface area contributed by atoms with Crippen LogP contribution in [0.4, 0.5) is 0 Å². The lowest BCUT2D eigenvalue weighted by Gasteiger charge is -2.46. The summed E-state index contributed by atoms with van der Waals surface area (Å²) >= 11 is 0. The SMILES string of the molecule is CCCNC1CC(OC2CCCC(OC)C2)C1OCCC. The highest BCUT2D eigenvalue weighted by molar-refractivity contribution is 4.98. The van der Waals surface area contributed by atoms with Crippen molar-refractivity contribution in [1.82, 2.24) is 5.32 Å². The van der Waals surface area contributed by atoms with Crippen molar-refractivity contribution < 1.29 is 14.2 Å². The second kappa shape index (κ2) is 9.09. The fraction of sp³-hybridized carbons (Fsp3) is 1.00. The van der Waals surface area contributed by atoms with Crippen molar-refractivity contribution in [2.75, 3.05) is 20.3 Å². The molecule has 2 aliphatic rings. The molecule has 0 spiro atoms. The summed E-state index contributed by atoms with van der Waals surface area (Å²) in [5.74, 6) is 0. The number of methoxy groups -OCH3 is 1. The van der Waals surface area contributed by atoms with Crippen LogP contribution in [0.3, 0.4) is 0 Å². The molecule has 0 bridgehead atoms. The van der Waals surface area contributed by atoms with Gasteiger partial charge >= 0.3 is 0 Å². The molecule has 0 aromatic heterocycles. The van der Waals surface area contributed by atoms with Gasteiger partial charge in [-0.25, -0.2) is 0 Å². The molecule has 2 saturated carbocycles. The van der Waals surface area contributed by atoms with Gasteiger partial charge in [0.1, 0.15) is 0 Å². The van der Waals surface area contributed by atoms with Crippen LogP contribution in [0.1, 0.15) is 58.8 Å². The average Bonchev–Trinajstić information content (AvgIpc) is 2.50. The van der Waals surface area contributed by atoms with E-state index in [0.29, 0.717) is 18.2 Å². The van der Waals surface area contributed by atoms with Gasteiger partial charge < -0.3 is 19.5 Å². The van der Waals surface area contributed by atoms with Crippen molar-refractivity contribution >= 4 is 0 Å². The normalized spacial score (nSPS) is 36.4. The van der Waals surface area contributed by atoms with E-state index in [1.54, 1.807) is 0 Å². The van der Waals surface area contributed by atoms with Gasteiger partial charge in [-0.2, -0.15) is 0 Å². The van der Waals surface area contributed by atoms with Crippen molar-refractivity contribution in [1.29, 1.82) is 0 Å². The molecule has 2 rings (SSSR count). The molecule has 2 fully saturated rings. The van der Waals surface area contributed by atoms with Crippen LogP contribution in [0.2, 0.25) is 0 Å². The Morgan fingerprint density at radius 1 is 1.05 bits per heavy atom. The summed E-state index contributed by atoms with van der Waals surface area (Å²) in [6.07, 6.45) is 9.17. The summed E-state index contributed by atoms with van der Waals surface area (Å²) in [5.41, 5.74) is 0. The summed E-state index contributed by atoms with van der Waals surface area (Å²) in [4.78, 5) is 0. The Morgan fingerprint density at radius 3 is 2.57 bits per heavy atom. The van der Waals surface area contributed by atoms with Gasteiger partial charge in [-0.1, -0.05) is 13.8 Å². The van der Waals surface area contributed by atoms with Crippen LogP contribution >= 0.6 is 0 Å². The standard InChI is InChI=1S/C17H33NO3/c1-4-9-18-15-12-16(17(15)20-10-5-2)21-14-8-6-7-13(11-14)19-3/h13-18H,4-12H2,1-3H3. The Hall–Kier alpha value is -0.160. The van der Waals surface area contributed by atoms with Crippen LogP contribution < -0.4 is 5.32 Å². The Balaban J connectivity index is 1.78. The molecule has 1 N–H and O–H groups in total. The number of ether oxygens (including phenoxy) is 3. The molecule has 2 aliphatic carbocycles. The van der Waals surface area contributed by atoms with Crippen molar-refractivity contribution in [3.05, 3.63) is 0 Å². The molecule has 5 atom stereocenters. The van der Waals surface area contributed by atoms with Gasteiger partial charge in [-0.05, 0) is 51.5 Å². The fourth-order valence-corrected chi connectivity index (χ4v) is 3.41. The maximum atomic E-state index is 6.33. The van der Waals surface area contributed by atoms with Gasteiger partial charge in [0.25, 0.3) is 0 Å². The first-order chi connectivity index (χ1) is 10.3. The molecule has 0 aromatic carbocycles. The maximum Gasteiger partial charge on any atom is 0.0990 e. The molecule has 0 aromatic rings. The Morgan fingerprint density at radius 2 is 1.86 bits per heavy atom. The Bertz CT molecular complexity index is 287. The summed E-state index contributed by atoms with van der Waals surface area (Å²) in [6.45, 7) is 6.26. The summed E-state index contributed by atoms with van der Waals surface area (Å²) in [5, 5.41) is 3.59. The highest BCUT2D eigenvalue weighted by Crippen LogP contribution is 2.32. The first kappa shape index (κ1) is 17.2. The van der Waals surface area contributed by atoms with Crippen LogP contribution in [0.5, 0.6) is 0 Å². The van der Waals surface area contributed by atoms with E-state index in [9.17, 15) is 0 Å². The minimum Gasteiger partial charge on any atom is -0.381 e. The predicted molar refractivity (Wildman–Crippen MR) is 84.7 cm³/mol. The minimum atomic E-state index is 0.236. The summed E-state index contributed by atoms with van der Waals surface area (Å²) < 4.78 is 17.9. The Kier molecular flexibility index (Phi) is 7.44. The zero-order valence-corrected chi connectivity index (χ0v) is 14.0. The lowest BCUT2D eigenvalue weighted by molar-refractivity contribution is -0.178. The monoisotopic (exact) mass is 299 g/mol. The van der Waals surface area contributed by atoms with E-state index in [0.717, 1.165) is 32.4 Å². The van der Waals surface area contributed by atoms with Gasteiger partial charge in [0.05, 0.1) is 24.4 Å². The largest absolute Gasteiger partial charge is 0.381 e.